The van der Waals surface area contributed by atoms with Crippen molar-refractivity contribution in [2.75, 3.05) is 19.7 Å². The van der Waals surface area contributed by atoms with E-state index in [9.17, 15) is 0 Å². The van der Waals surface area contributed by atoms with Crippen molar-refractivity contribution in [2.24, 2.45) is 0 Å². The zero-order valence-corrected chi connectivity index (χ0v) is 18.0. The second-order valence-electron chi connectivity index (χ2n) is 8.35. The fraction of sp³-hybridized carbons (Fsp3) is 0.480. The van der Waals surface area contributed by atoms with Crippen molar-refractivity contribution >= 4 is 11.0 Å². The maximum atomic E-state index is 6.02. The van der Waals surface area contributed by atoms with Crippen LogP contribution in [0.3, 0.4) is 0 Å². The first-order chi connectivity index (χ1) is 14.1. The van der Waals surface area contributed by atoms with Crippen LogP contribution in [0.5, 0.6) is 5.75 Å². The second kappa shape index (κ2) is 9.00. The van der Waals surface area contributed by atoms with E-state index in [1.165, 1.54) is 48.4 Å². The maximum absolute atomic E-state index is 6.02. The Morgan fingerprint density at radius 3 is 2.62 bits per heavy atom. The number of imidazole rings is 1. The molecule has 0 radical (unpaired) electrons. The Bertz CT molecular complexity index is 956. The molecule has 4 rings (SSSR count). The molecule has 0 bridgehead atoms. The number of aryl methyl sites for hydroxylation is 3. The molecule has 154 valence electrons. The number of likely N-dealkylation sites (tertiary alicyclic amines) is 1. The smallest absolute Gasteiger partial charge is 0.127 e. The first-order valence-corrected chi connectivity index (χ1v) is 11.0. The topological polar surface area (TPSA) is 30.3 Å². The Kier molecular flexibility index (Phi) is 6.19. The van der Waals surface area contributed by atoms with E-state index in [0.717, 1.165) is 37.3 Å². The number of rotatable bonds is 8. The lowest BCUT2D eigenvalue weighted by molar-refractivity contribution is 0.247. The predicted molar refractivity (Wildman–Crippen MR) is 120 cm³/mol. The molecule has 4 heteroatoms. The molecular formula is C25H33N3O. The van der Waals surface area contributed by atoms with Crippen molar-refractivity contribution in [3.8, 4) is 5.75 Å². The van der Waals surface area contributed by atoms with Crippen molar-refractivity contribution in [2.45, 2.75) is 59.0 Å². The predicted octanol–water partition coefficient (Wildman–Crippen LogP) is 5.67. The minimum absolute atomic E-state index is 0.372. The number of nitrogens with zero attached hydrogens (tertiary/aromatic N) is 3. The highest BCUT2D eigenvalue weighted by Gasteiger charge is 2.24. The molecule has 1 aliphatic heterocycles. The van der Waals surface area contributed by atoms with Crippen molar-refractivity contribution in [3.63, 3.8) is 0 Å². The summed E-state index contributed by atoms with van der Waals surface area (Å²) in [4.78, 5) is 7.58. The number of hydrogen-bond acceptors (Lipinski definition) is 3. The SMILES string of the molecule is Cc1ccc(OCCCCn2c(C(C)N3CCCC3)nc3ccccc32)c(C)c1. The Hall–Kier alpha value is -2.33. The Morgan fingerprint density at radius 2 is 1.83 bits per heavy atom. The van der Waals surface area contributed by atoms with Gasteiger partial charge in [0.2, 0.25) is 0 Å². The minimum Gasteiger partial charge on any atom is -0.493 e. The van der Waals surface area contributed by atoms with Gasteiger partial charge in [-0.25, -0.2) is 4.98 Å². The summed E-state index contributed by atoms with van der Waals surface area (Å²) in [5.41, 5.74) is 4.86. The summed E-state index contributed by atoms with van der Waals surface area (Å²) >= 11 is 0. The molecule has 1 fully saturated rings. The van der Waals surface area contributed by atoms with Gasteiger partial charge in [-0.15, -0.1) is 0 Å². The van der Waals surface area contributed by atoms with E-state index in [1.807, 2.05) is 0 Å². The van der Waals surface area contributed by atoms with Crippen LogP contribution in [0.4, 0.5) is 0 Å². The molecule has 4 nitrogen and oxygen atoms in total. The van der Waals surface area contributed by atoms with E-state index in [-0.39, 0.29) is 0 Å². The van der Waals surface area contributed by atoms with Crippen LogP contribution in [-0.2, 0) is 6.54 Å². The lowest BCUT2D eigenvalue weighted by atomic mass is 10.1. The van der Waals surface area contributed by atoms with Gasteiger partial charge in [0.25, 0.3) is 0 Å². The average molecular weight is 392 g/mol. The molecule has 0 saturated carbocycles. The summed E-state index contributed by atoms with van der Waals surface area (Å²) < 4.78 is 8.46. The van der Waals surface area contributed by atoms with Crippen LogP contribution in [0.2, 0.25) is 0 Å². The first-order valence-electron chi connectivity index (χ1n) is 11.0. The molecule has 1 aromatic heterocycles. The van der Waals surface area contributed by atoms with E-state index in [0.29, 0.717) is 6.04 Å². The highest BCUT2D eigenvalue weighted by molar-refractivity contribution is 5.76. The molecule has 2 heterocycles. The molecule has 2 aromatic carbocycles. The van der Waals surface area contributed by atoms with Crippen molar-refractivity contribution in [1.29, 1.82) is 0 Å². The van der Waals surface area contributed by atoms with Gasteiger partial charge in [0.05, 0.1) is 23.7 Å². The molecule has 1 atom stereocenters. The lowest BCUT2D eigenvalue weighted by Gasteiger charge is -2.24. The highest BCUT2D eigenvalue weighted by Crippen LogP contribution is 2.28. The zero-order valence-electron chi connectivity index (χ0n) is 18.0. The number of hydrogen-bond donors (Lipinski definition) is 0. The van der Waals surface area contributed by atoms with Crippen molar-refractivity contribution in [3.05, 3.63) is 59.4 Å². The summed E-state index contributed by atoms with van der Waals surface area (Å²) in [6.45, 7) is 10.7. The molecule has 1 aliphatic rings. The summed E-state index contributed by atoms with van der Waals surface area (Å²) in [5, 5.41) is 0. The summed E-state index contributed by atoms with van der Waals surface area (Å²) in [5.74, 6) is 2.22. The molecule has 29 heavy (non-hydrogen) atoms. The van der Waals surface area contributed by atoms with Gasteiger partial charge in [-0.3, -0.25) is 4.90 Å². The van der Waals surface area contributed by atoms with Crippen molar-refractivity contribution < 1.29 is 4.74 Å². The summed E-state index contributed by atoms with van der Waals surface area (Å²) in [6.07, 6.45) is 4.74. The third kappa shape index (κ3) is 4.48. The normalized spacial score (nSPS) is 15.8. The molecule has 0 amide bonds. The standard InChI is InChI=1S/C25H33N3O/c1-19-12-13-24(20(2)18-19)29-17-9-8-16-28-23-11-5-4-10-22(23)26-25(28)21(3)27-14-6-7-15-27/h4-5,10-13,18,21H,6-9,14-17H2,1-3H3. The largest absolute Gasteiger partial charge is 0.493 e. The summed E-state index contributed by atoms with van der Waals surface area (Å²) in [7, 11) is 0. The Labute approximate surface area is 174 Å². The number of para-hydroxylation sites is 2. The Balaban J connectivity index is 1.41. The quantitative estimate of drug-likeness (QED) is 0.464. The number of aromatic nitrogens is 2. The fourth-order valence-corrected chi connectivity index (χ4v) is 4.46. The van der Waals surface area contributed by atoms with Gasteiger partial charge in [0.15, 0.2) is 0 Å². The van der Waals surface area contributed by atoms with Crippen LogP contribution in [0.25, 0.3) is 11.0 Å². The van der Waals surface area contributed by atoms with E-state index in [2.05, 4.69) is 72.7 Å². The summed E-state index contributed by atoms with van der Waals surface area (Å²) in [6, 6.07) is 15.3. The molecule has 1 unspecified atom stereocenters. The third-order valence-corrected chi connectivity index (χ3v) is 6.11. The molecule has 1 saturated heterocycles. The monoisotopic (exact) mass is 391 g/mol. The first kappa shape index (κ1) is 20.0. The average Bonchev–Trinajstić information content (AvgIpc) is 3.37. The number of fused-ring (bicyclic) bond motifs is 1. The molecule has 0 N–H and O–H groups in total. The highest BCUT2D eigenvalue weighted by atomic mass is 16.5. The molecule has 3 aromatic rings. The van der Waals surface area contributed by atoms with Gasteiger partial charge in [-0.1, -0.05) is 29.8 Å². The fourth-order valence-electron chi connectivity index (χ4n) is 4.46. The number of unbranched alkanes of at least 4 members (excludes halogenated alkanes) is 1. The zero-order chi connectivity index (χ0) is 20.2. The van der Waals surface area contributed by atoms with Crippen LogP contribution < -0.4 is 4.74 Å². The van der Waals surface area contributed by atoms with Gasteiger partial charge < -0.3 is 9.30 Å². The lowest BCUT2D eigenvalue weighted by Crippen LogP contribution is -2.26. The van der Waals surface area contributed by atoms with Gasteiger partial charge >= 0.3 is 0 Å². The number of ether oxygens (including phenoxy) is 1. The van der Waals surface area contributed by atoms with Crippen LogP contribution in [0, 0.1) is 13.8 Å². The van der Waals surface area contributed by atoms with Gasteiger partial charge in [-0.05, 0) is 83.3 Å². The van der Waals surface area contributed by atoms with E-state index >= 15 is 0 Å². The second-order valence-corrected chi connectivity index (χ2v) is 8.35. The van der Waals surface area contributed by atoms with Crippen molar-refractivity contribution in [1.82, 2.24) is 14.5 Å². The van der Waals surface area contributed by atoms with Gasteiger partial charge in [0.1, 0.15) is 11.6 Å². The Morgan fingerprint density at radius 1 is 1.03 bits per heavy atom. The van der Waals surface area contributed by atoms with E-state index in [1.54, 1.807) is 0 Å². The minimum atomic E-state index is 0.372. The molecule has 0 spiro atoms. The van der Waals surface area contributed by atoms with Crippen LogP contribution >= 0.6 is 0 Å². The van der Waals surface area contributed by atoms with E-state index in [4.69, 9.17) is 9.72 Å². The van der Waals surface area contributed by atoms with Gasteiger partial charge in [-0.2, -0.15) is 0 Å². The van der Waals surface area contributed by atoms with Crippen LogP contribution in [0.15, 0.2) is 42.5 Å². The number of benzene rings is 2. The molecule has 0 aliphatic carbocycles. The van der Waals surface area contributed by atoms with Gasteiger partial charge in [0, 0.05) is 6.54 Å². The maximum Gasteiger partial charge on any atom is 0.127 e. The van der Waals surface area contributed by atoms with Crippen LogP contribution in [-0.4, -0.2) is 34.1 Å². The van der Waals surface area contributed by atoms with E-state index < -0.39 is 0 Å². The van der Waals surface area contributed by atoms with Crippen LogP contribution in [0.1, 0.15) is 55.6 Å². The molecular weight excluding hydrogens is 358 g/mol. The third-order valence-electron chi connectivity index (χ3n) is 6.11.